The van der Waals surface area contributed by atoms with Gasteiger partial charge in [0.2, 0.25) is 0 Å². The van der Waals surface area contributed by atoms with Gasteiger partial charge in [0.05, 0.1) is 24.2 Å². The predicted octanol–water partition coefficient (Wildman–Crippen LogP) is 3.66. The number of hydrogen-bond acceptors (Lipinski definition) is 4. The van der Waals surface area contributed by atoms with Crippen LogP contribution in [-0.4, -0.2) is 18.1 Å². The molecule has 19 heavy (non-hydrogen) atoms. The maximum absolute atomic E-state index is 10.8. The van der Waals surface area contributed by atoms with Crippen LogP contribution in [0.5, 0.6) is 11.5 Å². The van der Waals surface area contributed by atoms with E-state index in [4.69, 9.17) is 9.47 Å². The van der Waals surface area contributed by atoms with E-state index in [-0.39, 0.29) is 5.69 Å². The summed E-state index contributed by atoms with van der Waals surface area (Å²) in [6.07, 6.45) is 0. The zero-order valence-electron chi connectivity index (χ0n) is 11.9. The van der Waals surface area contributed by atoms with Gasteiger partial charge in [0.15, 0.2) is 11.5 Å². The number of nitro groups is 1. The molecule has 0 heterocycles. The lowest BCUT2D eigenvalue weighted by Crippen LogP contribution is -2.09. The van der Waals surface area contributed by atoms with Gasteiger partial charge in [-0.15, -0.1) is 0 Å². The molecule has 1 rings (SSSR count). The first-order valence-corrected chi connectivity index (χ1v) is 6.44. The van der Waals surface area contributed by atoms with E-state index in [1.54, 1.807) is 6.07 Å². The quantitative estimate of drug-likeness (QED) is 0.558. The molecule has 1 aromatic rings. The van der Waals surface area contributed by atoms with Crippen molar-refractivity contribution in [1.29, 1.82) is 0 Å². The lowest BCUT2D eigenvalue weighted by molar-refractivity contribution is -0.385. The fourth-order valence-electron chi connectivity index (χ4n) is 1.36. The molecule has 0 N–H and O–H groups in total. The SMILES string of the molecule is CC(C)COc1ccc([N+](=O)[O-])cc1OCC(C)C. The van der Waals surface area contributed by atoms with Gasteiger partial charge in [-0.25, -0.2) is 0 Å². The molecule has 5 heteroatoms. The van der Waals surface area contributed by atoms with Crippen molar-refractivity contribution in [2.24, 2.45) is 11.8 Å². The highest BCUT2D eigenvalue weighted by molar-refractivity contribution is 5.48. The van der Waals surface area contributed by atoms with Gasteiger partial charge in [0.1, 0.15) is 0 Å². The van der Waals surface area contributed by atoms with Crippen LogP contribution in [0.1, 0.15) is 27.7 Å². The Morgan fingerprint density at radius 3 is 2.05 bits per heavy atom. The number of rotatable bonds is 7. The van der Waals surface area contributed by atoms with Gasteiger partial charge in [-0.3, -0.25) is 10.1 Å². The number of non-ortho nitro benzene ring substituents is 1. The van der Waals surface area contributed by atoms with E-state index in [0.717, 1.165) is 0 Å². The average molecular weight is 267 g/mol. The highest BCUT2D eigenvalue weighted by atomic mass is 16.6. The normalized spacial score (nSPS) is 10.8. The Balaban J connectivity index is 2.90. The number of ether oxygens (including phenoxy) is 2. The molecule has 0 spiro atoms. The second kappa shape index (κ2) is 6.97. The molecular formula is C14H21NO4. The summed E-state index contributed by atoms with van der Waals surface area (Å²) < 4.78 is 11.2. The zero-order chi connectivity index (χ0) is 14.4. The minimum absolute atomic E-state index is 0.00986. The second-order valence-corrected chi connectivity index (χ2v) is 5.30. The third-order valence-corrected chi connectivity index (χ3v) is 2.28. The first-order chi connectivity index (χ1) is 8.90. The molecule has 0 aliphatic heterocycles. The molecule has 0 saturated heterocycles. The van der Waals surface area contributed by atoms with Crippen molar-refractivity contribution in [2.75, 3.05) is 13.2 Å². The number of nitro benzene ring substituents is 1. The van der Waals surface area contributed by atoms with E-state index in [2.05, 4.69) is 0 Å². The minimum atomic E-state index is -0.436. The van der Waals surface area contributed by atoms with Crippen LogP contribution in [0.15, 0.2) is 18.2 Å². The third kappa shape index (κ3) is 5.16. The molecule has 1 aromatic carbocycles. The largest absolute Gasteiger partial charge is 0.489 e. The summed E-state index contributed by atoms with van der Waals surface area (Å²) in [5, 5.41) is 10.8. The maximum atomic E-state index is 10.8. The highest BCUT2D eigenvalue weighted by Crippen LogP contribution is 2.32. The Kier molecular flexibility index (Phi) is 5.60. The highest BCUT2D eigenvalue weighted by Gasteiger charge is 2.14. The topological polar surface area (TPSA) is 61.6 Å². The molecule has 0 bridgehead atoms. The summed E-state index contributed by atoms with van der Waals surface area (Å²) in [7, 11) is 0. The van der Waals surface area contributed by atoms with Crippen LogP contribution in [-0.2, 0) is 0 Å². The van der Waals surface area contributed by atoms with E-state index in [1.807, 2.05) is 27.7 Å². The molecule has 0 fully saturated rings. The van der Waals surface area contributed by atoms with Gasteiger partial charge < -0.3 is 9.47 Å². The Bertz CT molecular complexity index is 429. The van der Waals surface area contributed by atoms with Crippen LogP contribution in [0.2, 0.25) is 0 Å². The van der Waals surface area contributed by atoms with Crippen molar-refractivity contribution in [3.05, 3.63) is 28.3 Å². The smallest absolute Gasteiger partial charge is 0.273 e. The van der Waals surface area contributed by atoms with Crippen LogP contribution < -0.4 is 9.47 Å². The maximum Gasteiger partial charge on any atom is 0.273 e. The number of benzene rings is 1. The zero-order valence-corrected chi connectivity index (χ0v) is 11.9. The Labute approximate surface area is 113 Å². The van der Waals surface area contributed by atoms with Crippen LogP contribution in [0.4, 0.5) is 5.69 Å². The fraction of sp³-hybridized carbons (Fsp3) is 0.571. The van der Waals surface area contributed by atoms with Gasteiger partial charge in [0, 0.05) is 6.07 Å². The van der Waals surface area contributed by atoms with Crippen LogP contribution in [0.3, 0.4) is 0 Å². The Morgan fingerprint density at radius 2 is 1.58 bits per heavy atom. The van der Waals surface area contributed by atoms with Gasteiger partial charge in [-0.1, -0.05) is 27.7 Å². The summed E-state index contributed by atoms with van der Waals surface area (Å²) >= 11 is 0. The van der Waals surface area contributed by atoms with Gasteiger partial charge in [-0.05, 0) is 17.9 Å². The van der Waals surface area contributed by atoms with Gasteiger partial charge >= 0.3 is 0 Å². The standard InChI is InChI=1S/C14H21NO4/c1-10(2)8-18-13-6-5-12(15(16)17)7-14(13)19-9-11(3)4/h5-7,10-11H,8-9H2,1-4H3. The molecule has 0 amide bonds. The lowest BCUT2D eigenvalue weighted by Gasteiger charge is -2.15. The summed E-state index contributed by atoms with van der Waals surface area (Å²) in [6.45, 7) is 9.17. The van der Waals surface area contributed by atoms with E-state index in [9.17, 15) is 10.1 Å². The molecule has 0 aliphatic rings. The van der Waals surface area contributed by atoms with Gasteiger partial charge in [0.25, 0.3) is 5.69 Å². The average Bonchev–Trinajstić information content (AvgIpc) is 2.33. The molecule has 0 aliphatic carbocycles. The van der Waals surface area contributed by atoms with Crippen molar-refractivity contribution in [3.63, 3.8) is 0 Å². The summed E-state index contributed by atoms with van der Waals surface area (Å²) in [5.41, 5.74) is 0.00986. The molecule has 0 aromatic heterocycles. The van der Waals surface area contributed by atoms with E-state index in [0.29, 0.717) is 36.5 Å². The fourth-order valence-corrected chi connectivity index (χ4v) is 1.36. The Morgan fingerprint density at radius 1 is 1.05 bits per heavy atom. The number of hydrogen-bond donors (Lipinski definition) is 0. The van der Waals surface area contributed by atoms with Crippen molar-refractivity contribution in [2.45, 2.75) is 27.7 Å². The summed E-state index contributed by atoms with van der Waals surface area (Å²) in [4.78, 5) is 10.3. The lowest BCUT2D eigenvalue weighted by atomic mass is 10.2. The summed E-state index contributed by atoms with van der Waals surface area (Å²) in [5.74, 6) is 1.72. The Hall–Kier alpha value is -1.78. The monoisotopic (exact) mass is 267 g/mol. The molecule has 0 atom stereocenters. The molecular weight excluding hydrogens is 246 g/mol. The van der Waals surface area contributed by atoms with Gasteiger partial charge in [-0.2, -0.15) is 0 Å². The van der Waals surface area contributed by atoms with Crippen molar-refractivity contribution in [1.82, 2.24) is 0 Å². The molecule has 106 valence electrons. The van der Waals surface area contributed by atoms with E-state index in [1.165, 1.54) is 12.1 Å². The molecule has 0 radical (unpaired) electrons. The summed E-state index contributed by atoms with van der Waals surface area (Å²) in [6, 6.07) is 4.44. The first kappa shape index (κ1) is 15.3. The molecule has 0 saturated carbocycles. The second-order valence-electron chi connectivity index (χ2n) is 5.30. The number of nitrogens with zero attached hydrogens (tertiary/aromatic N) is 1. The van der Waals surface area contributed by atoms with Crippen LogP contribution >= 0.6 is 0 Å². The van der Waals surface area contributed by atoms with Crippen molar-refractivity contribution in [3.8, 4) is 11.5 Å². The van der Waals surface area contributed by atoms with E-state index >= 15 is 0 Å². The third-order valence-electron chi connectivity index (χ3n) is 2.28. The van der Waals surface area contributed by atoms with Crippen LogP contribution in [0.25, 0.3) is 0 Å². The molecule has 0 unspecified atom stereocenters. The minimum Gasteiger partial charge on any atom is -0.489 e. The predicted molar refractivity (Wildman–Crippen MR) is 73.8 cm³/mol. The van der Waals surface area contributed by atoms with Crippen LogP contribution in [0, 0.1) is 22.0 Å². The van der Waals surface area contributed by atoms with Crippen molar-refractivity contribution >= 4 is 5.69 Å². The van der Waals surface area contributed by atoms with E-state index < -0.39 is 4.92 Å². The first-order valence-electron chi connectivity index (χ1n) is 6.44. The molecule has 5 nitrogen and oxygen atoms in total. The van der Waals surface area contributed by atoms with Crippen molar-refractivity contribution < 1.29 is 14.4 Å².